The second-order valence-corrected chi connectivity index (χ2v) is 5.59. The van der Waals surface area contributed by atoms with Crippen molar-refractivity contribution in [2.75, 3.05) is 24.5 Å². The summed E-state index contributed by atoms with van der Waals surface area (Å²) in [5.74, 6) is 1.05. The molecule has 1 aliphatic heterocycles. The second kappa shape index (κ2) is 6.60. The Kier molecular flexibility index (Phi) is 4.84. The number of nitrogens with zero attached hydrogens (tertiary/aromatic N) is 4. The van der Waals surface area contributed by atoms with Crippen molar-refractivity contribution in [2.24, 2.45) is 5.92 Å². The summed E-state index contributed by atoms with van der Waals surface area (Å²) in [5.41, 5.74) is -0.0720. The van der Waals surface area contributed by atoms with Crippen LogP contribution in [0.25, 0.3) is 0 Å². The summed E-state index contributed by atoms with van der Waals surface area (Å²) in [6.45, 7) is 7.02. The Hall–Kier alpha value is -1.76. The van der Waals surface area contributed by atoms with E-state index in [0.717, 1.165) is 26.1 Å². The molecular formula is C13H21N5O2. The molecule has 0 aliphatic carbocycles. The predicted octanol–water partition coefficient (Wildman–Crippen LogP) is 1.60. The Bertz CT molecular complexity index is 443. The van der Waals surface area contributed by atoms with Crippen molar-refractivity contribution in [3.8, 4) is 0 Å². The number of anilines is 1. The van der Waals surface area contributed by atoms with Gasteiger partial charge in [0, 0.05) is 19.1 Å². The standard InChI is InChI=1S/C13H21N5O2/c1-10(2)8-17(9-11-4-3-5-14-11)13-15-6-12(7-16-13)18(19)20/h6-7,10-11,14H,3-5,8-9H2,1-2H3. The molecule has 1 fully saturated rings. The van der Waals surface area contributed by atoms with Gasteiger partial charge in [0.25, 0.3) is 0 Å². The molecule has 0 radical (unpaired) electrons. The van der Waals surface area contributed by atoms with Gasteiger partial charge in [0.2, 0.25) is 5.95 Å². The number of aromatic nitrogens is 2. The quantitative estimate of drug-likeness (QED) is 0.629. The van der Waals surface area contributed by atoms with Crippen molar-refractivity contribution in [1.82, 2.24) is 15.3 Å². The van der Waals surface area contributed by atoms with Crippen LogP contribution in [0, 0.1) is 16.0 Å². The van der Waals surface area contributed by atoms with Gasteiger partial charge in [-0.2, -0.15) is 0 Å². The Morgan fingerprint density at radius 3 is 2.70 bits per heavy atom. The SMILES string of the molecule is CC(C)CN(CC1CCCN1)c1ncc([N+](=O)[O-])cn1. The molecule has 1 aromatic rings. The van der Waals surface area contributed by atoms with E-state index in [2.05, 4.69) is 34.0 Å². The maximum atomic E-state index is 10.6. The fourth-order valence-electron chi connectivity index (χ4n) is 2.43. The third-order valence-corrected chi connectivity index (χ3v) is 3.31. The highest BCUT2D eigenvalue weighted by Crippen LogP contribution is 2.16. The average molecular weight is 279 g/mol. The van der Waals surface area contributed by atoms with Crippen LogP contribution >= 0.6 is 0 Å². The normalized spacial score (nSPS) is 18.4. The number of nitro groups is 1. The Labute approximate surface area is 118 Å². The number of hydrogen-bond donors (Lipinski definition) is 1. The van der Waals surface area contributed by atoms with Gasteiger partial charge in [-0.15, -0.1) is 0 Å². The molecule has 110 valence electrons. The van der Waals surface area contributed by atoms with Gasteiger partial charge in [-0.25, -0.2) is 9.97 Å². The van der Waals surface area contributed by atoms with E-state index in [1.807, 2.05) is 0 Å². The van der Waals surface area contributed by atoms with Gasteiger partial charge in [-0.3, -0.25) is 10.1 Å². The van der Waals surface area contributed by atoms with Crippen molar-refractivity contribution in [2.45, 2.75) is 32.7 Å². The lowest BCUT2D eigenvalue weighted by Crippen LogP contribution is -2.40. The fraction of sp³-hybridized carbons (Fsp3) is 0.692. The van der Waals surface area contributed by atoms with E-state index < -0.39 is 4.92 Å². The zero-order valence-corrected chi connectivity index (χ0v) is 12.0. The van der Waals surface area contributed by atoms with Crippen molar-refractivity contribution in [1.29, 1.82) is 0 Å². The molecular weight excluding hydrogens is 258 g/mol. The minimum absolute atomic E-state index is 0.0720. The van der Waals surface area contributed by atoms with Crippen LogP contribution in [0.1, 0.15) is 26.7 Å². The first-order valence-electron chi connectivity index (χ1n) is 7.01. The summed E-state index contributed by atoms with van der Waals surface area (Å²) in [6, 6.07) is 0.451. The van der Waals surface area contributed by atoms with Gasteiger partial charge < -0.3 is 10.2 Å². The molecule has 0 bridgehead atoms. The number of hydrogen-bond acceptors (Lipinski definition) is 6. The molecule has 2 rings (SSSR count). The van der Waals surface area contributed by atoms with Gasteiger partial charge in [0.1, 0.15) is 12.4 Å². The largest absolute Gasteiger partial charge is 0.339 e. The van der Waals surface area contributed by atoms with Crippen molar-refractivity contribution < 1.29 is 4.92 Å². The van der Waals surface area contributed by atoms with E-state index in [0.29, 0.717) is 17.9 Å². The summed E-state index contributed by atoms with van der Waals surface area (Å²) in [7, 11) is 0. The monoisotopic (exact) mass is 279 g/mol. The summed E-state index contributed by atoms with van der Waals surface area (Å²) in [4.78, 5) is 20.6. The minimum Gasteiger partial charge on any atom is -0.339 e. The van der Waals surface area contributed by atoms with Crippen LogP contribution in [0.4, 0.5) is 11.6 Å². The summed E-state index contributed by atoms with van der Waals surface area (Å²) in [6.07, 6.45) is 4.90. The van der Waals surface area contributed by atoms with Crippen LogP contribution in [0.2, 0.25) is 0 Å². The van der Waals surface area contributed by atoms with Gasteiger partial charge in [0.05, 0.1) is 4.92 Å². The highest BCUT2D eigenvalue weighted by Gasteiger charge is 2.21. The molecule has 0 aromatic carbocycles. The Balaban J connectivity index is 2.09. The lowest BCUT2D eigenvalue weighted by molar-refractivity contribution is -0.385. The minimum atomic E-state index is -0.477. The molecule has 7 nitrogen and oxygen atoms in total. The maximum absolute atomic E-state index is 10.6. The molecule has 1 N–H and O–H groups in total. The molecule has 1 unspecified atom stereocenters. The molecule has 1 saturated heterocycles. The molecule has 1 aromatic heterocycles. The van der Waals surface area contributed by atoms with E-state index in [1.54, 1.807) is 0 Å². The third-order valence-electron chi connectivity index (χ3n) is 3.31. The van der Waals surface area contributed by atoms with Crippen molar-refractivity contribution in [3.05, 3.63) is 22.5 Å². The van der Waals surface area contributed by atoms with Crippen LogP contribution in [0.3, 0.4) is 0 Å². The van der Waals surface area contributed by atoms with E-state index >= 15 is 0 Å². The Morgan fingerprint density at radius 2 is 2.20 bits per heavy atom. The molecule has 1 atom stereocenters. The van der Waals surface area contributed by atoms with Gasteiger partial charge in [-0.05, 0) is 25.3 Å². The first kappa shape index (κ1) is 14.6. The van der Waals surface area contributed by atoms with Crippen LogP contribution in [-0.4, -0.2) is 40.6 Å². The van der Waals surface area contributed by atoms with Crippen LogP contribution < -0.4 is 10.2 Å². The summed E-state index contributed by atoms with van der Waals surface area (Å²) >= 11 is 0. The first-order valence-corrected chi connectivity index (χ1v) is 7.01. The van der Waals surface area contributed by atoms with Crippen molar-refractivity contribution >= 4 is 11.6 Å². The molecule has 0 saturated carbocycles. The average Bonchev–Trinajstić information content (AvgIpc) is 2.90. The summed E-state index contributed by atoms with van der Waals surface area (Å²) in [5, 5.41) is 14.1. The second-order valence-electron chi connectivity index (χ2n) is 5.59. The van der Waals surface area contributed by atoms with Gasteiger partial charge in [0.15, 0.2) is 0 Å². The van der Waals surface area contributed by atoms with Crippen molar-refractivity contribution in [3.63, 3.8) is 0 Å². The fourth-order valence-corrected chi connectivity index (χ4v) is 2.43. The topological polar surface area (TPSA) is 84.2 Å². The lowest BCUT2D eigenvalue weighted by atomic mass is 10.1. The number of rotatable bonds is 6. The van der Waals surface area contributed by atoms with E-state index in [9.17, 15) is 10.1 Å². The highest BCUT2D eigenvalue weighted by molar-refractivity contribution is 5.34. The van der Waals surface area contributed by atoms with Gasteiger partial charge >= 0.3 is 5.69 Å². The maximum Gasteiger partial charge on any atom is 0.305 e. The van der Waals surface area contributed by atoms with Gasteiger partial charge in [-0.1, -0.05) is 13.8 Å². The van der Waals surface area contributed by atoms with Crippen LogP contribution in [-0.2, 0) is 0 Å². The first-order chi connectivity index (χ1) is 9.56. The molecule has 0 spiro atoms. The van der Waals surface area contributed by atoms with Crippen LogP contribution in [0.5, 0.6) is 0 Å². The van der Waals surface area contributed by atoms with E-state index in [1.165, 1.54) is 18.8 Å². The third kappa shape index (κ3) is 3.86. The molecule has 2 heterocycles. The van der Waals surface area contributed by atoms with E-state index in [-0.39, 0.29) is 5.69 Å². The molecule has 7 heteroatoms. The Morgan fingerprint density at radius 1 is 1.50 bits per heavy atom. The van der Waals surface area contributed by atoms with E-state index in [4.69, 9.17) is 0 Å². The smallest absolute Gasteiger partial charge is 0.305 e. The lowest BCUT2D eigenvalue weighted by Gasteiger charge is -2.27. The molecule has 0 amide bonds. The highest BCUT2D eigenvalue weighted by atomic mass is 16.6. The summed E-state index contributed by atoms with van der Waals surface area (Å²) < 4.78 is 0. The zero-order chi connectivity index (χ0) is 14.5. The number of nitrogens with one attached hydrogen (secondary N) is 1. The van der Waals surface area contributed by atoms with Crippen LogP contribution in [0.15, 0.2) is 12.4 Å². The predicted molar refractivity (Wildman–Crippen MR) is 76.8 cm³/mol. The molecule has 20 heavy (non-hydrogen) atoms. The molecule has 1 aliphatic rings. The zero-order valence-electron chi connectivity index (χ0n) is 12.0.